The lowest BCUT2D eigenvalue weighted by molar-refractivity contribution is 0.438. The molecule has 0 radical (unpaired) electrons. The van der Waals surface area contributed by atoms with Crippen molar-refractivity contribution < 1.29 is 5.11 Å². The molecule has 0 aromatic heterocycles. The Morgan fingerprint density at radius 2 is 1.82 bits per heavy atom. The molecule has 2 aromatic rings. The number of rotatable bonds is 9. The van der Waals surface area contributed by atoms with Crippen LogP contribution in [-0.2, 0) is 0 Å². The van der Waals surface area contributed by atoms with Crippen LogP contribution in [0, 0.1) is 17.8 Å². The largest absolute Gasteiger partial charge is 0.501 e. The minimum Gasteiger partial charge on any atom is -0.501 e. The topological polar surface area (TPSA) is 23.5 Å². The Kier molecular flexibility index (Phi) is 8.56. The summed E-state index contributed by atoms with van der Waals surface area (Å²) < 4.78 is 0. The van der Waals surface area contributed by atoms with Crippen LogP contribution >= 0.6 is 0 Å². The molecule has 0 amide bonds. The molecule has 3 rings (SSSR count). The average molecular weight is 436 g/mol. The van der Waals surface area contributed by atoms with Crippen molar-refractivity contribution in [3.63, 3.8) is 0 Å². The zero-order valence-electron chi connectivity index (χ0n) is 19.8. The predicted octanol–water partition coefficient (Wildman–Crippen LogP) is 8.16. The lowest BCUT2D eigenvalue weighted by Gasteiger charge is -2.37. The van der Waals surface area contributed by atoms with E-state index in [1.54, 1.807) is 6.08 Å². The van der Waals surface area contributed by atoms with Gasteiger partial charge in [0.05, 0.1) is 0 Å². The smallest absolute Gasteiger partial charge is 0.167 e. The minimum atomic E-state index is 0.103. The molecular weight excluding hydrogens is 402 g/mol. The van der Waals surface area contributed by atoms with Crippen molar-refractivity contribution in [2.75, 3.05) is 4.90 Å². The first-order valence-electron chi connectivity index (χ1n) is 11.6. The lowest BCUT2D eigenvalue weighted by Crippen LogP contribution is -2.35. The van der Waals surface area contributed by atoms with Gasteiger partial charge in [-0.25, -0.2) is 0 Å². The zero-order chi connectivity index (χ0) is 23.6. The second-order valence-corrected chi connectivity index (χ2v) is 8.18. The molecule has 168 valence electrons. The van der Waals surface area contributed by atoms with Crippen LogP contribution in [0.15, 0.2) is 108 Å². The van der Waals surface area contributed by atoms with Gasteiger partial charge in [0.25, 0.3) is 0 Å². The van der Waals surface area contributed by atoms with Gasteiger partial charge in [0, 0.05) is 29.8 Å². The van der Waals surface area contributed by atoms with Crippen molar-refractivity contribution in [1.82, 2.24) is 0 Å². The van der Waals surface area contributed by atoms with Gasteiger partial charge in [-0.1, -0.05) is 93.1 Å². The Hall–Kier alpha value is -3.70. The molecule has 2 nitrogen and oxygen atoms in total. The van der Waals surface area contributed by atoms with Crippen LogP contribution in [0.5, 0.6) is 0 Å². The fourth-order valence-electron chi connectivity index (χ4n) is 4.14. The molecule has 2 unspecified atom stereocenters. The summed E-state index contributed by atoms with van der Waals surface area (Å²) in [5.41, 5.74) is 5.82. The summed E-state index contributed by atoms with van der Waals surface area (Å²) in [5, 5.41) is 9.84. The number of hydrogen-bond donors (Lipinski definition) is 1. The van der Waals surface area contributed by atoms with E-state index >= 15 is 0 Å². The van der Waals surface area contributed by atoms with Gasteiger partial charge >= 0.3 is 0 Å². The molecule has 0 aliphatic heterocycles. The molecule has 1 aliphatic carbocycles. The summed E-state index contributed by atoms with van der Waals surface area (Å²) in [4.78, 5) is 2.42. The number of anilines is 2. The van der Waals surface area contributed by atoms with Gasteiger partial charge in [-0.3, -0.25) is 0 Å². The van der Waals surface area contributed by atoms with Gasteiger partial charge in [0.2, 0.25) is 0 Å². The van der Waals surface area contributed by atoms with Crippen LogP contribution in [0.3, 0.4) is 0 Å². The van der Waals surface area contributed by atoms with Gasteiger partial charge in [0.1, 0.15) is 0 Å². The Morgan fingerprint density at radius 3 is 2.55 bits per heavy atom. The molecule has 1 N–H and O–H groups in total. The van der Waals surface area contributed by atoms with Crippen molar-refractivity contribution >= 4 is 17.5 Å². The van der Waals surface area contributed by atoms with E-state index in [9.17, 15) is 5.11 Å². The van der Waals surface area contributed by atoms with Crippen LogP contribution in [0.25, 0.3) is 6.08 Å². The molecule has 2 atom stereocenters. The Balaban J connectivity index is 2.08. The van der Waals surface area contributed by atoms with E-state index in [2.05, 4.69) is 117 Å². The van der Waals surface area contributed by atoms with Crippen LogP contribution in [0.1, 0.15) is 39.2 Å². The molecule has 2 aromatic carbocycles. The Morgan fingerprint density at radius 1 is 1.09 bits per heavy atom. The fourth-order valence-corrected chi connectivity index (χ4v) is 4.14. The molecule has 0 heterocycles. The third kappa shape index (κ3) is 5.96. The maximum atomic E-state index is 9.84. The molecule has 33 heavy (non-hydrogen) atoms. The van der Waals surface area contributed by atoms with Gasteiger partial charge in [-0.05, 0) is 60.2 Å². The van der Waals surface area contributed by atoms with E-state index in [1.165, 1.54) is 16.8 Å². The van der Waals surface area contributed by atoms with Crippen LogP contribution in [0.2, 0.25) is 0 Å². The Bertz CT molecular complexity index is 1140. The van der Waals surface area contributed by atoms with Crippen molar-refractivity contribution in [1.29, 1.82) is 0 Å². The van der Waals surface area contributed by atoms with Crippen LogP contribution in [-0.4, -0.2) is 11.1 Å². The van der Waals surface area contributed by atoms with E-state index in [-0.39, 0.29) is 17.7 Å². The van der Waals surface area contributed by atoms with Gasteiger partial charge < -0.3 is 10.0 Å². The van der Waals surface area contributed by atoms with Gasteiger partial charge in [-0.15, -0.1) is 0 Å². The molecule has 0 fully saturated rings. The number of para-hydroxylation sites is 2. The Labute approximate surface area is 199 Å². The summed E-state index contributed by atoms with van der Waals surface area (Å²) in [6.45, 7) is 10.6. The first kappa shape index (κ1) is 24.0. The van der Waals surface area contributed by atoms with Gasteiger partial charge in [-0.2, -0.15) is 0 Å². The number of benzene rings is 2. The number of aliphatic hydroxyl groups excluding tert-OH is 1. The van der Waals surface area contributed by atoms with Crippen molar-refractivity contribution in [2.24, 2.45) is 5.92 Å². The van der Waals surface area contributed by atoms with E-state index in [0.29, 0.717) is 6.42 Å². The monoisotopic (exact) mass is 435 g/mol. The summed E-state index contributed by atoms with van der Waals surface area (Å²) in [7, 11) is 0. The average Bonchev–Trinajstić information content (AvgIpc) is 3.06. The predicted molar refractivity (Wildman–Crippen MR) is 142 cm³/mol. The van der Waals surface area contributed by atoms with E-state index in [1.807, 2.05) is 12.2 Å². The van der Waals surface area contributed by atoms with E-state index in [4.69, 9.17) is 0 Å². The molecule has 1 aliphatic rings. The molecule has 0 bridgehead atoms. The summed E-state index contributed by atoms with van der Waals surface area (Å²) in [6, 6.07) is 19.3. The van der Waals surface area contributed by atoms with Crippen molar-refractivity contribution in [3.8, 4) is 11.8 Å². The van der Waals surface area contributed by atoms with Crippen LogP contribution < -0.4 is 4.90 Å². The molecule has 2 heteroatoms. The zero-order valence-corrected chi connectivity index (χ0v) is 19.8. The number of allylic oxidation sites excluding steroid dienone is 7. The maximum absolute atomic E-state index is 9.84. The minimum absolute atomic E-state index is 0.103. The standard InChI is InChI=1S/C31H33NO/c1-5-7-15-27-16-11-12-21-31(27)32(28-18-9-8-10-19-28)25(4)24(3)30(14-6-2)26-17-13-20-29(33)23-22-26/h6-12,14-16,18-19,21-25,33H,2,5,17H2,1,3-4H3/b15-7+,30-14+. The highest BCUT2D eigenvalue weighted by Gasteiger charge is 2.27. The second-order valence-electron chi connectivity index (χ2n) is 8.18. The SMILES string of the molecule is C=C/C=C(/C1=CC=C(O)C#CC1)C(C)C(C)N(c1ccccc1)c1ccccc1/C=C/CC. The quantitative estimate of drug-likeness (QED) is 0.317. The third-order valence-corrected chi connectivity index (χ3v) is 5.99. The summed E-state index contributed by atoms with van der Waals surface area (Å²) in [6.07, 6.45) is 13.6. The molecule has 0 saturated carbocycles. The first-order chi connectivity index (χ1) is 16.1. The second kappa shape index (κ2) is 11.8. The molecule has 0 saturated heterocycles. The lowest BCUT2D eigenvalue weighted by atomic mass is 9.85. The molecular formula is C31H33NO. The number of nitrogens with zero attached hydrogens (tertiary/aromatic N) is 1. The number of aliphatic hydroxyl groups is 1. The van der Waals surface area contributed by atoms with Crippen molar-refractivity contribution in [2.45, 2.75) is 39.7 Å². The van der Waals surface area contributed by atoms with E-state index < -0.39 is 0 Å². The summed E-state index contributed by atoms with van der Waals surface area (Å²) in [5.74, 6) is 6.13. The fraction of sp³-hybridized carbons (Fsp3) is 0.226. The van der Waals surface area contributed by atoms with Crippen molar-refractivity contribution in [3.05, 3.63) is 114 Å². The van der Waals surface area contributed by atoms with Crippen LogP contribution in [0.4, 0.5) is 11.4 Å². The first-order valence-corrected chi connectivity index (χ1v) is 11.6. The maximum Gasteiger partial charge on any atom is 0.167 e. The highest BCUT2D eigenvalue weighted by Crippen LogP contribution is 2.37. The molecule has 0 spiro atoms. The summed E-state index contributed by atoms with van der Waals surface area (Å²) >= 11 is 0. The van der Waals surface area contributed by atoms with E-state index in [0.717, 1.165) is 17.7 Å². The third-order valence-electron chi connectivity index (χ3n) is 5.99. The normalized spacial score (nSPS) is 15.5. The highest BCUT2D eigenvalue weighted by molar-refractivity contribution is 5.75. The van der Waals surface area contributed by atoms with Gasteiger partial charge in [0.15, 0.2) is 5.76 Å². The number of hydrogen-bond acceptors (Lipinski definition) is 2. The highest BCUT2D eigenvalue weighted by atomic mass is 16.3.